The van der Waals surface area contributed by atoms with E-state index in [0.717, 1.165) is 11.1 Å². The van der Waals surface area contributed by atoms with E-state index in [1.165, 1.54) is 11.1 Å². The second kappa shape index (κ2) is 5.67. The summed E-state index contributed by atoms with van der Waals surface area (Å²) in [6.07, 6.45) is 0.170. The molecule has 0 bridgehead atoms. The number of carbonyl (C=O) groups is 1. The Morgan fingerprint density at radius 2 is 1.74 bits per heavy atom. The van der Waals surface area contributed by atoms with E-state index < -0.39 is 0 Å². The molecular weight excluding hydrogens is 236 g/mol. The van der Waals surface area contributed by atoms with Gasteiger partial charge in [0, 0.05) is 12.5 Å². The molecule has 0 saturated carbocycles. The van der Waals surface area contributed by atoms with Crippen LogP contribution in [0.5, 0.6) is 0 Å². The lowest BCUT2D eigenvalue weighted by Gasteiger charge is -2.11. The second-order valence-corrected chi connectivity index (χ2v) is 4.71. The van der Waals surface area contributed by atoms with E-state index >= 15 is 0 Å². The maximum atomic E-state index is 10.9. The molecule has 0 radical (unpaired) electrons. The minimum Gasteiger partial charge on any atom is -0.370 e. The van der Waals surface area contributed by atoms with Gasteiger partial charge >= 0.3 is 0 Å². The predicted molar refractivity (Wildman–Crippen MR) is 77.4 cm³/mol. The van der Waals surface area contributed by atoms with Gasteiger partial charge in [0.2, 0.25) is 5.91 Å². The summed E-state index contributed by atoms with van der Waals surface area (Å²) >= 11 is 0. The van der Waals surface area contributed by atoms with Crippen molar-refractivity contribution in [1.82, 2.24) is 0 Å². The number of rotatable bonds is 4. The monoisotopic (exact) mass is 254 g/mol. The van der Waals surface area contributed by atoms with Crippen LogP contribution in [-0.4, -0.2) is 5.91 Å². The number of primary amides is 1. The molecule has 0 fully saturated rings. The zero-order valence-electron chi connectivity index (χ0n) is 11.0. The quantitative estimate of drug-likeness (QED) is 0.880. The third kappa shape index (κ3) is 3.20. The van der Waals surface area contributed by atoms with Crippen LogP contribution < -0.4 is 11.5 Å². The first-order valence-electron chi connectivity index (χ1n) is 6.28. The van der Waals surface area contributed by atoms with Crippen molar-refractivity contribution in [2.45, 2.75) is 19.4 Å². The SMILES string of the molecule is Cc1ccccc1-c1ccc(C(N)CC(N)=O)cc1. The van der Waals surface area contributed by atoms with Gasteiger partial charge in [0.1, 0.15) is 0 Å². The molecule has 1 atom stereocenters. The van der Waals surface area contributed by atoms with Crippen LogP contribution in [0.4, 0.5) is 0 Å². The first-order valence-corrected chi connectivity index (χ1v) is 6.28. The molecule has 0 aromatic heterocycles. The van der Waals surface area contributed by atoms with Gasteiger partial charge in [-0.25, -0.2) is 0 Å². The van der Waals surface area contributed by atoms with Crippen LogP contribution in [0.1, 0.15) is 23.6 Å². The maximum Gasteiger partial charge on any atom is 0.219 e. The maximum absolute atomic E-state index is 10.9. The van der Waals surface area contributed by atoms with Crippen LogP contribution in [0.3, 0.4) is 0 Å². The fourth-order valence-electron chi connectivity index (χ4n) is 2.14. The molecule has 4 N–H and O–H groups in total. The van der Waals surface area contributed by atoms with Crippen LogP contribution in [0.25, 0.3) is 11.1 Å². The lowest BCUT2D eigenvalue weighted by Crippen LogP contribution is -2.20. The lowest BCUT2D eigenvalue weighted by molar-refractivity contribution is -0.118. The Labute approximate surface area is 113 Å². The summed E-state index contributed by atoms with van der Waals surface area (Å²) in [4.78, 5) is 10.9. The van der Waals surface area contributed by atoms with Crippen LogP contribution in [0, 0.1) is 6.92 Å². The van der Waals surface area contributed by atoms with Gasteiger partial charge in [-0.05, 0) is 29.2 Å². The Balaban J connectivity index is 2.24. The van der Waals surface area contributed by atoms with Crippen LogP contribution >= 0.6 is 0 Å². The first-order chi connectivity index (χ1) is 9.08. The number of benzene rings is 2. The van der Waals surface area contributed by atoms with Crippen molar-refractivity contribution in [2.75, 3.05) is 0 Å². The molecular formula is C16H18N2O. The minimum atomic E-state index is -0.379. The van der Waals surface area contributed by atoms with E-state index in [2.05, 4.69) is 19.1 Å². The van der Waals surface area contributed by atoms with Crippen molar-refractivity contribution in [3.8, 4) is 11.1 Å². The third-order valence-electron chi connectivity index (χ3n) is 3.22. The van der Waals surface area contributed by atoms with Crippen LogP contribution in [0.15, 0.2) is 48.5 Å². The number of amides is 1. The Bertz CT molecular complexity index is 576. The number of nitrogens with two attached hydrogens (primary N) is 2. The van der Waals surface area contributed by atoms with Crippen molar-refractivity contribution in [3.63, 3.8) is 0 Å². The highest BCUT2D eigenvalue weighted by atomic mass is 16.1. The molecule has 0 aliphatic carbocycles. The molecule has 0 heterocycles. The summed E-state index contributed by atoms with van der Waals surface area (Å²) in [7, 11) is 0. The molecule has 0 saturated heterocycles. The van der Waals surface area contributed by atoms with Crippen LogP contribution in [0.2, 0.25) is 0 Å². The standard InChI is InChI=1S/C16H18N2O/c1-11-4-2-3-5-14(11)12-6-8-13(9-7-12)15(17)10-16(18)19/h2-9,15H,10,17H2,1H3,(H2,18,19). The van der Waals surface area contributed by atoms with Gasteiger partial charge in [-0.3, -0.25) is 4.79 Å². The fraction of sp³-hybridized carbons (Fsp3) is 0.188. The zero-order valence-corrected chi connectivity index (χ0v) is 11.0. The number of hydrogen-bond acceptors (Lipinski definition) is 2. The third-order valence-corrected chi connectivity index (χ3v) is 3.22. The van der Waals surface area contributed by atoms with Crippen molar-refractivity contribution < 1.29 is 4.79 Å². The van der Waals surface area contributed by atoms with E-state index in [9.17, 15) is 4.79 Å². The summed E-state index contributed by atoms with van der Waals surface area (Å²) in [6, 6.07) is 15.9. The van der Waals surface area contributed by atoms with E-state index in [1.807, 2.05) is 36.4 Å². The van der Waals surface area contributed by atoms with Gasteiger partial charge in [-0.1, -0.05) is 48.5 Å². The summed E-state index contributed by atoms with van der Waals surface area (Å²) < 4.78 is 0. The smallest absolute Gasteiger partial charge is 0.219 e. The fourth-order valence-corrected chi connectivity index (χ4v) is 2.14. The molecule has 2 rings (SSSR count). The molecule has 2 aromatic rings. The van der Waals surface area contributed by atoms with E-state index in [4.69, 9.17) is 11.5 Å². The molecule has 1 amide bonds. The Morgan fingerprint density at radius 1 is 1.11 bits per heavy atom. The summed E-state index contributed by atoms with van der Waals surface area (Å²) in [5, 5.41) is 0. The molecule has 98 valence electrons. The predicted octanol–water partition coefficient (Wildman–Crippen LogP) is 2.54. The Kier molecular flexibility index (Phi) is 3.97. The normalized spacial score (nSPS) is 12.1. The minimum absolute atomic E-state index is 0.170. The number of carbonyl (C=O) groups excluding carboxylic acids is 1. The van der Waals surface area contributed by atoms with Crippen LogP contribution in [-0.2, 0) is 4.79 Å². The molecule has 0 aliphatic rings. The summed E-state index contributed by atoms with van der Waals surface area (Å²) in [5.41, 5.74) is 15.6. The van der Waals surface area contributed by atoms with Gasteiger partial charge in [0.05, 0.1) is 0 Å². The first kappa shape index (κ1) is 13.3. The molecule has 3 heteroatoms. The highest BCUT2D eigenvalue weighted by Crippen LogP contribution is 2.24. The Hall–Kier alpha value is -2.13. The van der Waals surface area contributed by atoms with Crippen molar-refractivity contribution in [3.05, 3.63) is 59.7 Å². The van der Waals surface area contributed by atoms with Gasteiger partial charge < -0.3 is 11.5 Å². The van der Waals surface area contributed by atoms with Gasteiger partial charge in [-0.2, -0.15) is 0 Å². The molecule has 1 unspecified atom stereocenters. The molecule has 0 aliphatic heterocycles. The summed E-state index contributed by atoms with van der Waals surface area (Å²) in [5.74, 6) is -0.379. The van der Waals surface area contributed by atoms with Gasteiger partial charge in [-0.15, -0.1) is 0 Å². The van der Waals surface area contributed by atoms with Gasteiger partial charge in [0.15, 0.2) is 0 Å². The van der Waals surface area contributed by atoms with Crippen molar-refractivity contribution in [1.29, 1.82) is 0 Å². The number of hydrogen-bond donors (Lipinski definition) is 2. The Morgan fingerprint density at radius 3 is 2.32 bits per heavy atom. The molecule has 3 nitrogen and oxygen atoms in total. The highest BCUT2D eigenvalue weighted by molar-refractivity contribution is 5.74. The van der Waals surface area contributed by atoms with E-state index in [-0.39, 0.29) is 18.4 Å². The molecule has 0 spiro atoms. The number of aryl methyl sites for hydroxylation is 1. The zero-order chi connectivity index (χ0) is 13.8. The van der Waals surface area contributed by atoms with Gasteiger partial charge in [0.25, 0.3) is 0 Å². The largest absolute Gasteiger partial charge is 0.370 e. The second-order valence-electron chi connectivity index (χ2n) is 4.71. The topological polar surface area (TPSA) is 69.1 Å². The summed E-state index contributed by atoms with van der Waals surface area (Å²) in [6.45, 7) is 2.09. The van der Waals surface area contributed by atoms with E-state index in [0.29, 0.717) is 0 Å². The lowest BCUT2D eigenvalue weighted by atomic mass is 9.97. The average Bonchev–Trinajstić information content (AvgIpc) is 2.39. The average molecular weight is 254 g/mol. The van der Waals surface area contributed by atoms with Crippen molar-refractivity contribution >= 4 is 5.91 Å². The highest BCUT2D eigenvalue weighted by Gasteiger charge is 2.09. The van der Waals surface area contributed by atoms with Crippen molar-refractivity contribution in [2.24, 2.45) is 11.5 Å². The molecule has 2 aromatic carbocycles. The van der Waals surface area contributed by atoms with E-state index in [1.54, 1.807) is 0 Å². The molecule has 19 heavy (non-hydrogen) atoms.